The van der Waals surface area contributed by atoms with Gasteiger partial charge in [-0.05, 0) is 56.4 Å². The highest BCUT2D eigenvalue weighted by Crippen LogP contribution is 2.23. The first-order chi connectivity index (χ1) is 14.9. The van der Waals surface area contributed by atoms with Gasteiger partial charge in [0.15, 0.2) is 11.5 Å². The molecule has 1 amide bonds. The number of nitrogens with zero attached hydrogens (tertiary/aromatic N) is 4. The maximum Gasteiger partial charge on any atom is 0.269 e. The zero-order valence-electron chi connectivity index (χ0n) is 15.6. The molecule has 0 aliphatic rings. The van der Waals surface area contributed by atoms with Crippen molar-refractivity contribution in [2.24, 2.45) is 4.99 Å². The van der Waals surface area contributed by atoms with Gasteiger partial charge in [-0.25, -0.2) is 14.0 Å². The van der Waals surface area contributed by atoms with Crippen LogP contribution in [0, 0.1) is 15.9 Å². The fourth-order valence-corrected chi connectivity index (χ4v) is 2.84. The Balaban J connectivity index is 1.68. The van der Waals surface area contributed by atoms with E-state index in [1.54, 1.807) is 12.1 Å². The fraction of sp³-hybridized carbons (Fsp3) is 0.111. The lowest BCUT2D eigenvalue weighted by Gasteiger charge is -2.05. The molecule has 0 atom stereocenters. The SMILES string of the molecule is O=C(CCc1ccc([N+](=O)[O-])cc1)Nc1nonc1C(=Nc1ccc(F)c(Br)c1)NO. The van der Waals surface area contributed by atoms with Crippen molar-refractivity contribution in [2.45, 2.75) is 12.8 Å². The Bertz CT molecular complexity index is 1130. The number of nitrogens with one attached hydrogen (secondary N) is 2. The van der Waals surface area contributed by atoms with E-state index in [0.717, 1.165) is 5.56 Å². The van der Waals surface area contributed by atoms with Gasteiger partial charge in [-0.3, -0.25) is 25.6 Å². The standard InChI is InChI=1S/C18H14BrFN6O5/c19-13-9-11(4-7-14(13)20)21-17(23-28)16-18(25-31-24-16)22-15(27)8-3-10-1-5-12(6-2-10)26(29)30/h1-2,4-7,9,28H,3,8H2,(H,21,23)(H,22,25,27). The normalized spacial score (nSPS) is 11.3. The molecule has 3 N–H and O–H groups in total. The number of amides is 1. The van der Waals surface area contributed by atoms with Gasteiger partial charge in [-0.15, -0.1) is 0 Å². The van der Waals surface area contributed by atoms with Crippen LogP contribution in [0.25, 0.3) is 0 Å². The number of hydrogen-bond acceptors (Lipinski definition) is 8. The van der Waals surface area contributed by atoms with Crippen LogP contribution < -0.4 is 10.8 Å². The summed E-state index contributed by atoms with van der Waals surface area (Å²) in [6, 6.07) is 9.77. The van der Waals surface area contributed by atoms with Gasteiger partial charge in [0.25, 0.3) is 5.69 Å². The number of aryl methyl sites for hydroxylation is 1. The summed E-state index contributed by atoms with van der Waals surface area (Å²) in [6.07, 6.45) is 0.376. The number of nitro benzene ring substituents is 1. The molecule has 11 nitrogen and oxygen atoms in total. The number of carbonyl (C=O) groups is 1. The highest BCUT2D eigenvalue weighted by Gasteiger charge is 2.19. The molecule has 31 heavy (non-hydrogen) atoms. The van der Waals surface area contributed by atoms with Crippen LogP contribution in [0.15, 0.2) is 56.6 Å². The molecule has 0 bridgehead atoms. The molecule has 13 heteroatoms. The quantitative estimate of drug-likeness (QED) is 0.195. The molecule has 0 aliphatic carbocycles. The molecule has 0 saturated carbocycles. The maximum atomic E-state index is 13.4. The minimum Gasteiger partial charge on any atom is -0.306 e. The number of nitro groups is 1. The van der Waals surface area contributed by atoms with Crippen LogP contribution in [-0.4, -0.2) is 32.2 Å². The van der Waals surface area contributed by atoms with Gasteiger partial charge < -0.3 is 5.32 Å². The summed E-state index contributed by atoms with van der Waals surface area (Å²) >= 11 is 3.04. The monoisotopic (exact) mass is 492 g/mol. The summed E-state index contributed by atoms with van der Waals surface area (Å²) in [6.45, 7) is 0. The van der Waals surface area contributed by atoms with Crippen molar-refractivity contribution in [1.82, 2.24) is 15.8 Å². The van der Waals surface area contributed by atoms with E-state index >= 15 is 0 Å². The molecule has 1 aromatic heterocycles. The molecule has 0 saturated heterocycles. The lowest BCUT2D eigenvalue weighted by atomic mass is 10.1. The second-order valence-corrected chi connectivity index (χ2v) is 6.96. The number of aromatic nitrogens is 2. The van der Waals surface area contributed by atoms with E-state index in [2.05, 4.69) is 41.2 Å². The van der Waals surface area contributed by atoms with Crippen LogP contribution in [0.3, 0.4) is 0 Å². The summed E-state index contributed by atoms with van der Waals surface area (Å²) in [7, 11) is 0. The molecule has 0 spiro atoms. The molecule has 0 radical (unpaired) electrons. The Hall–Kier alpha value is -3.71. The first-order valence-corrected chi connectivity index (χ1v) is 9.46. The van der Waals surface area contributed by atoms with Crippen LogP contribution in [0.5, 0.6) is 0 Å². The number of carbonyl (C=O) groups excluding carboxylic acids is 1. The van der Waals surface area contributed by atoms with Crippen LogP contribution in [0.1, 0.15) is 17.7 Å². The summed E-state index contributed by atoms with van der Waals surface area (Å²) < 4.78 is 18.2. The largest absolute Gasteiger partial charge is 0.306 e. The predicted octanol–water partition coefficient (Wildman–Crippen LogP) is 3.51. The van der Waals surface area contributed by atoms with Crippen molar-refractivity contribution in [1.29, 1.82) is 0 Å². The van der Waals surface area contributed by atoms with E-state index in [-0.39, 0.29) is 39.6 Å². The fourth-order valence-electron chi connectivity index (χ4n) is 2.48. The number of anilines is 1. The average molecular weight is 493 g/mol. The van der Waals surface area contributed by atoms with E-state index in [1.165, 1.54) is 30.3 Å². The van der Waals surface area contributed by atoms with Crippen LogP contribution in [-0.2, 0) is 11.2 Å². The summed E-state index contributed by atoms with van der Waals surface area (Å²) in [4.78, 5) is 26.5. The molecule has 2 aromatic carbocycles. The van der Waals surface area contributed by atoms with E-state index in [4.69, 9.17) is 0 Å². The average Bonchev–Trinajstić information content (AvgIpc) is 3.21. The highest BCUT2D eigenvalue weighted by molar-refractivity contribution is 9.10. The number of amidine groups is 1. The number of hydrogen-bond donors (Lipinski definition) is 3. The Kier molecular flexibility index (Phi) is 6.99. The predicted molar refractivity (Wildman–Crippen MR) is 110 cm³/mol. The lowest BCUT2D eigenvalue weighted by molar-refractivity contribution is -0.384. The maximum absolute atomic E-state index is 13.4. The van der Waals surface area contributed by atoms with E-state index < -0.39 is 16.6 Å². The van der Waals surface area contributed by atoms with Gasteiger partial charge in [0.05, 0.1) is 15.1 Å². The topological polar surface area (TPSA) is 156 Å². The second kappa shape index (κ2) is 9.86. The number of aliphatic imine (C=N–C) groups is 1. The lowest BCUT2D eigenvalue weighted by Crippen LogP contribution is -2.23. The molecular weight excluding hydrogens is 479 g/mol. The minimum atomic E-state index is -0.505. The Morgan fingerprint density at radius 1 is 1.26 bits per heavy atom. The van der Waals surface area contributed by atoms with Gasteiger partial charge in [-0.1, -0.05) is 12.1 Å². The van der Waals surface area contributed by atoms with Gasteiger partial charge in [0.1, 0.15) is 5.82 Å². The van der Waals surface area contributed by atoms with Crippen molar-refractivity contribution >= 4 is 44.9 Å². The number of halogens is 2. The molecular formula is C18H14BrFN6O5. The van der Waals surface area contributed by atoms with Crippen molar-refractivity contribution in [3.05, 3.63) is 74.1 Å². The summed E-state index contributed by atoms with van der Waals surface area (Å²) in [5.41, 5.74) is 2.75. The van der Waals surface area contributed by atoms with Crippen LogP contribution in [0.2, 0.25) is 0 Å². The number of benzene rings is 2. The molecule has 0 aliphatic heterocycles. The second-order valence-electron chi connectivity index (χ2n) is 6.10. The van der Waals surface area contributed by atoms with Crippen molar-refractivity contribution < 1.29 is 23.9 Å². The van der Waals surface area contributed by atoms with Gasteiger partial charge in [-0.2, -0.15) is 0 Å². The zero-order chi connectivity index (χ0) is 22.4. The third-order valence-electron chi connectivity index (χ3n) is 4.01. The molecule has 3 aromatic rings. The first-order valence-electron chi connectivity index (χ1n) is 8.67. The van der Waals surface area contributed by atoms with Crippen molar-refractivity contribution in [2.75, 3.05) is 5.32 Å². The third kappa shape index (κ3) is 5.67. The zero-order valence-corrected chi connectivity index (χ0v) is 17.2. The van der Waals surface area contributed by atoms with Gasteiger partial charge in [0.2, 0.25) is 11.7 Å². The molecule has 1 heterocycles. The number of hydroxylamine groups is 1. The van der Waals surface area contributed by atoms with E-state index in [1.807, 2.05) is 5.48 Å². The van der Waals surface area contributed by atoms with Crippen LogP contribution in [0.4, 0.5) is 21.6 Å². The summed E-state index contributed by atoms with van der Waals surface area (Å²) in [5.74, 6) is -1.20. The summed E-state index contributed by atoms with van der Waals surface area (Å²) in [5, 5.41) is 29.8. The number of rotatable bonds is 7. The smallest absolute Gasteiger partial charge is 0.269 e. The van der Waals surface area contributed by atoms with Crippen molar-refractivity contribution in [3.8, 4) is 0 Å². The molecule has 0 fully saturated rings. The Morgan fingerprint density at radius 2 is 2.00 bits per heavy atom. The third-order valence-corrected chi connectivity index (χ3v) is 4.62. The van der Waals surface area contributed by atoms with Gasteiger partial charge >= 0.3 is 0 Å². The Morgan fingerprint density at radius 3 is 2.65 bits per heavy atom. The first kappa shape index (κ1) is 22.0. The Labute approximate surface area is 182 Å². The van der Waals surface area contributed by atoms with Crippen LogP contribution >= 0.6 is 15.9 Å². The van der Waals surface area contributed by atoms with E-state index in [9.17, 15) is 24.5 Å². The molecule has 3 rings (SSSR count). The van der Waals surface area contributed by atoms with E-state index in [0.29, 0.717) is 6.42 Å². The highest BCUT2D eigenvalue weighted by atomic mass is 79.9. The minimum absolute atomic E-state index is 0.0389. The molecule has 160 valence electrons. The molecule has 0 unspecified atom stereocenters. The van der Waals surface area contributed by atoms with Gasteiger partial charge in [0, 0.05) is 18.6 Å². The van der Waals surface area contributed by atoms with Crippen molar-refractivity contribution in [3.63, 3.8) is 0 Å². The number of non-ortho nitro benzene ring substituents is 1.